The molecular formula is C26H27N3O5S. The Hall–Kier alpha value is -3.72. The van der Waals surface area contributed by atoms with Crippen molar-refractivity contribution >= 4 is 29.3 Å². The summed E-state index contributed by atoms with van der Waals surface area (Å²) in [4.78, 5) is 40.1. The van der Waals surface area contributed by atoms with Crippen LogP contribution in [-0.2, 0) is 16.1 Å². The van der Waals surface area contributed by atoms with Gasteiger partial charge in [-0.3, -0.25) is 4.79 Å². The highest BCUT2D eigenvalue weighted by Gasteiger charge is 2.29. The first kappa shape index (κ1) is 24.4. The molecule has 0 aliphatic heterocycles. The molecule has 0 spiro atoms. The van der Waals surface area contributed by atoms with Crippen molar-refractivity contribution in [3.8, 4) is 11.1 Å². The average molecular weight is 494 g/mol. The summed E-state index contributed by atoms with van der Waals surface area (Å²) in [6, 6.07) is 16.2. The standard InChI is InChI=1S/C26H27N3O5S/c1-15(2)20(24(30)27-12-23-29-22(14-35-23)25(31)32)11-28-26(33)34-13-21-18-9-5-3-7-16(18)17-8-4-6-10-19(17)21/h3-10,14-15,20-21H,11-13H2,1-2H3,(H,27,30)(H,28,33)(H,31,32). The van der Waals surface area contributed by atoms with Gasteiger partial charge in [-0.05, 0) is 28.2 Å². The first-order valence-corrected chi connectivity index (χ1v) is 12.3. The third-order valence-corrected chi connectivity index (χ3v) is 6.99. The number of hydrogen-bond donors (Lipinski definition) is 3. The number of rotatable bonds is 9. The van der Waals surface area contributed by atoms with Crippen molar-refractivity contribution < 1.29 is 24.2 Å². The minimum atomic E-state index is -1.11. The number of nitrogens with one attached hydrogen (secondary N) is 2. The lowest BCUT2D eigenvalue weighted by Crippen LogP contribution is -2.41. The van der Waals surface area contributed by atoms with Crippen molar-refractivity contribution in [2.45, 2.75) is 26.3 Å². The first-order chi connectivity index (χ1) is 16.8. The lowest BCUT2D eigenvalue weighted by atomic mass is 9.95. The molecule has 1 aliphatic rings. The molecule has 1 unspecified atom stereocenters. The fourth-order valence-corrected chi connectivity index (χ4v) is 4.97. The average Bonchev–Trinajstić information content (AvgIpc) is 3.44. The molecule has 1 heterocycles. The number of carbonyl (C=O) groups is 3. The van der Waals surface area contributed by atoms with E-state index in [1.165, 1.54) is 16.7 Å². The molecule has 1 aromatic heterocycles. The van der Waals surface area contributed by atoms with E-state index in [2.05, 4.69) is 39.9 Å². The minimum absolute atomic E-state index is 0.0326. The number of carboxylic acids is 1. The lowest BCUT2D eigenvalue weighted by molar-refractivity contribution is -0.126. The Morgan fingerprint density at radius 2 is 1.66 bits per heavy atom. The minimum Gasteiger partial charge on any atom is -0.476 e. The molecule has 0 fully saturated rings. The van der Waals surface area contributed by atoms with E-state index in [-0.39, 0.29) is 43.1 Å². The highest BCUT2D eigenvalue weighted by molar-refractivity contribution is 7.09. The van der Waals surface area contributed by atoms with Crippen LogP contribution in [0, 0.1) is 11.8 Å². The zero-order valence-corrected chi connectivity index (χ0v) is 20.3. The second kappa shape index (κ2) is 10.7. The second-order valence-electron chi connectivity index (χ2n) is 8.71. The van der Waals surface area contributed by atoms with Gasteiger partial charge in [0.2, 0.25) is 5.91 Å². The predicted molar refractivity (Wildman–Crippen MR) is 132 cm³/mol. The maximum absolute atomic E-state index is 12.7. The molecule has 2 amide bonds. The number of nitrogens with zero attached hydrogens (tertiary/aromatic N) is 1. The van der Waals surface area contributed by atoms with Crippen molar-refractivity contribution in [2.75, 3.05) is 13.2 Å². The van der Waals surface area contributed by atoms with Crippen LogP contribution in [-0.4, -0.2) is 41.2 Å². The number of hydrogen-bond acceptors (Lipinski definition) is 6. The summed E-state index contributed by atoms with van der Waals surface area (Å²) in [5.41, 5.74) is 4.54. The highest BCUT2D eigenvalue weighted by atomic mass is 32.1. The third-order valence-electron chi connectivity index (χ3n) is 6.14. The van der Waals surface area contributed by atoms with Crippen LogP contribution in [0.15, 0.2) is 53.9 Å². The molecule has 35 heavy (non-hydrogen) atoms. The fourth-order valence-electron chi connectivity index (χ4n) is 4.26. The van der Waals surface area contributed by atoms with Crippen LogP contribution in [0.2, 0.25) is 0 Å². The topological polar surface area (TPSA) is 118 Å². The van der Waals surface area contributed by atoms with Gasteiger partial charge >= 0.3 is 12.1 Å². The van der Waals surface area contributed by atoms with Gasteiger partial charge in [-0.1, -0.05) is 62.4 Å². The number of carboxylic acid groups (broad SMARTS) is 1. The van der Waals surface area contributed by atoms with Gasteiger partial charge in [-0.15, -0.1) is 11.3 Å². The van der Waals surface area contributed by atoms with Gasteiger partial charge in [0.15, 0.2) is 5.69 Å². The van der Waals surface area contributed by atoms with Crippen LogP contribution in [0.3, 0.4) is 0 Å². The van der Waals surface area contributed by atoms with Crippen LogP contribution < -0.4 is 10.6 Å². The summed E-state index contributed by atoms with van der Waals surface area (Å²) in [5.74, 6) is -1.90. The zero-order chi connectivity index (χ0) is 24.9. The fraction of sp³-hybridized carbons (Fsp3) is 0.308. The molecular weight excluding hydrogens is 466 g/mol. The Labute approximate surface area is 207 Å². The number of thiazole rings is 1. The van der Waals surface area contributed by atoms with Crippen LogP contribution in [0.4, 0.5) is 4.79 Å². The first-order valence-electron chi connectivity index (χ1n) is 11.4. The van der Waals surface area contributed by atoms with Gasteiger partial charge in [-0.2, -0.15) is 0 Å². The van der Waals surface area contributed by atoms with Gasteiger partial charge in [0, 0.05) is 17.8 Å². The molecule has 0 saturated carbocycles. The number of aromatic carboxylic acids is 1. The molecule has 1 aliphatic carbocycles. The molecule has 0 bridgehead atoms. The molecule has 0 radical (unpaired) electrons. The lowest BCUT2D eigenvalue weighted by Gasteiger charge is -2.21. The normalized spacial score (nSPS) is 13.1. The quantitative estimate of drug-likeness (QED) is 0.410. The summed E-state index contributed by atoms with van der Waals surface area (Å²) in [6.07, 6.45) is -0.573. The van der Waals surface area contributed by atoms with E-state index in [0.717, 1.165) is 22.3 Å². The van der Waals surface area contributed by atoms with Crippen molar-refractivity contribution in [1.82, 2.24) is 15.6 Å². The van der Waals surface area contributed by atoms with E-state index in [9.17, 15) is 14.4 Å². The highest BCUT2D eigenvalue weighted by Crippen LogP contribution is 2.44. The van der Waals surface area contributed by atoms with Crippen molar-refractivity contribution in [1.29, 1.82) is 0 Å². The van der Waals surface area contributed by atoms with E-state index in [1.54, 1.807) is 0 Å². The summed E-state index contributed by atoms with van der Waals surface area (Å²) in [6.45, 7) is 4.25. The maximum Gasteiger partial charge on any atom is 0.407 e. The van der Waals surface area contributed by atoms with Gasteiger partial charge in [0.05, 0.1) is 12.5 Å². The number of fused-ring (bicyclic) bond motifs is 3. The van der Waals surface area contributed by atoms with E-state index >= 15 is 0 Å². The van der Waals surface area contributed by atoms with Crippen molar-refractivity contribution in [3.63, 3.8) is 0 Å². The molecule has 9 heteroatoms. The Morgan fingerprint density at radius 3 is 2.23 bits per heavy atom. The van der Waals surface area contributed by atoms with Gasteiger partial charge in [-0.25, -0.2) is 14.6 Å². The molecule has 2 aromatic carbocycles. The Kier molecular flexibility index (Phi) is 7.45. The van der Waals surface area contributed by atoms with Crippen molar-refractivity contribution in [3.05, 3.63) is 75.7 Å². The Morgan fingerprint density at radius 1 is 1.03 bits per heavy atom. The summed E-state index contributed by atoms with van der Waals surface area (Å²) >= 11 is 1.17. The van der Waals surface area contributed by atoms with E-state index < -0.39 is 18.0 Å². The SMILES string of the molecule is CC(C)C(CNC(=O)OCC1c2ccccc2-c2ccccc21)C(=O)NCc1nc(C(=O)O)cs1. The summed E-state index contributed by atoms with van der Waals surface area (Å²) in [7, 11) is 0. The van der Waals surface area contributed by atoms with Gasteiger partial charge < -0.3 is 20.5 Å². The number of benzene rings is 2. The largest absolute Gasteiger partial charge is 0.476 e. The number of alkyl carbamates (subject to hydrolysis) is 1. The molecule has 3 N–H and O–H groups in total. The van der Waals surface area contributed by atoms with E-state index in [4.69, 9.17) is 9.84 Å². The van der Waals surface area contributed by atoms with Crippen molar-refractivity contribution in [2.24, 2.45) is 11.8 Å². The molecule has 0 saturated heterocycles. The van der Waals surface area contributed by atoms with Crippen LogP contribution in [0.1, 0.15) is 46.4 Å². The van der Waals surface area contributed by atoms with E-state index in [0.29, 0.717) is 5.01 Å². The molecule has 8 nitrogen and oxygen atoms in total. The predicted octanol–water partition coefficient (Wildman–Crippen LogP) is 4.27. The molecule has 1 atom stereocenters. The smallest absolute Gasteiger partial charge is 0.407 e. The van der Waals surface area contributed by atoms with Gasteiger partial charge in [0.1, 0.15) is 11.6 Å². The molecule has 4 rings (SSSR count). The number of ether oxygens (including phenoxy) is 1. The summed E-state index contributed by atoms with van der Waals surface area (Å²) < 4.78 is 5.56. The van der Waals surface area contributed by atoms with Crippen LogP contribution in [0.25, 0.3) is 11.1 Å². The Bertz CT molecular complexity index is 1190. The number of amides is 2. The summed E-state index contributed by atoms with van der Waals surface area (Å²) in [5, 5.41) is 16.4. The third kappa shape index (κ3) is 5.51. The monoisotopic (exact) mass is 493 g/mol. The zero-order valence-electron chi connectivity index (χ0n) is 19.5. The van der Waals surface area contributed by atoms with Gasteiger partial charge in [0.25, 0.3) is 0 Å². The second-order valence-corrected chi connectivity index (χ2v) is 9.65. The number of carbonyl (C=O) groups excluding carboxylic acids is 2. The van der Waals surface area contributed by atoms with E-state index in [1.807, 2.05) is 38.1 Å². The molecule has 182 valence electrons. The maximum atomic E-state index is 12.7. The van der Waals surface area contributed by atoms with Crippen LogP contribution >= 0.6 is 11.3 Å². The molecule has 3 aromatic rings. The number of aromatic nitrogens is 1. The Balaban J connectivity index is 1.30. The van der Waals surface area contributed by atoms with Crippen LogP contribution in [0.5, 0.6) is 0 Å².